The van der Waals surface area contributed by atoms with Gasteiger partial charge in [0.05, 0.1) is 19.2 Å². The number of hydrogen-bond donors (Lipinski definition) is 3. The summed E-state index contributed by atoms with van der Waals surface area (Å²) in [6.07, 6.45) is 0.300. The molecule has 3 N–H and O–H groups in total. The number of nitrogens with one attached hydrogen (secondary N) is 1. The predicted molar refractivity (Wildman–Crippen MR) is 169 cm³/mol. The zero-order valence-corrected chi connectivity index (χ0v) is 26.6. The molecule has 0 radical (unpaired) electrons. The first-order valence-electron chi connectivity index (χ1n) is 15.8. The molecule has 9 nitrogen and oxygen atoms in total. The smallest absolute Gasteiger partial charge is 0.290 e. The number of rotatable bonds is 11. The number of hydrogen-bond acceptors (Lipinski definition) is 6. The Morgan fingerprint density at radius 1 is 1.04 bits per heavy atom. The molecule has 6 rings (SSSR count). The third-order valence-corrected chi connectivity index (χ3v) is 9.74. The molecule has 2 heterocycles. The van der Waals surface area contributed by atoms with Gasteiger partial charge in [0.15, 0.2) is 6.10 Å². The summed E-state index contributed by atoms with van der Waals surface area (Å²) >= 11 is 0. The van der Waals surface area contributed by atoms with Crippen LogP contribution in [0.5, 0.6) is 11.5 Å². The molecule has 3 aromatic carbocycles. The van der Waals surface area contributed by atoms with Crippen molar-refractivity contribution in [2.45, 2.75) is 76.2 Å². The van der Waals surface area contributed by atoms with Crippen LogP contribution in [-0.4, -0.2) is 80.5 Å². The van der Waals surface area contributed by atoms with Crippen LogP contribution >= 0.6 is 0 Å². The van der Waals surface area contributed by atoms with E-state index in [-0.39, 0.29) is 24.3 Å². The van der Waals surface area contributed by atoms with E-state index in [1.807, 2.05) is 0 Å². The van der Waals surface area contributed by atoms with Gasteiger partial charge in [0, 0.05) is 17.7 Å². The van der Waals surface area contributed by atoms with Crippen LogP contribution in [0.2, 0.25) is 0 Å². The second-order valence-electron chi connectivity index (χ2n) is 13.2. The highest BCUT2D eigenvalue weighted by Gasteiger charge is 2.77. The Morgan fingerprint density at radius 2 is 1.74 bits per heavy atom. The van der Waals surface area contributed by atoms with Gasteiger partial charge in [-0.05, 0) is 86.9 Å². The Morgan fingerprint density at radius 3 is 2.45 bits per heavy atom. The normalized spacial score (nSPS) is 22.7. The van der Waals surface area contributed by atoms with E-state index in [1.165, 1.54) is 13.0 Å². The Hall–Kier alpha value is -4.51. The SMILES string of the molecule is Cc1cc(O)c(C)c(C(=O)NC(Cc2ccccc2)[C@H](O)C(=O)N2CC(F)(F)C3(C)[C@H]2C(=O)N3Cc2cccc(OCC3CC3)c2)c1. The summed E-state index contributed by atoms with van der Waals surface area (Å²) < 4.78 is 37.5. The summed E-state index contributed by atoms with van der Waals surface area (Å²) in [5.41, 5.74) is 0.376. The van der Waals surface area contributed by atoms with Crippen molar-refractivity contribution < 1.29 is 38.1 Å². The number of β-lactam (4-membered cyclic amide) rings is 1. The van der Waals surface area contributed by atoms with Crippen molar-refractivity contribution in [2.75, 3.05) is 13.2 Å². The fraction of sp³-hybridized carbons (Fsp3) is 0.417. The highest BCUT2D eigenvalue weighted by molar-refractivity contribution is 5.99. The summed E-state index contributed by atoms with van der Waals surface area (Å²) in [6.45, 7) is 3.97. The lowest BCUT2D eigenvalue weighted by atomic mass is 9.77. The lowest BCUT2D eigenvalue weighted by Gasteiger charge is -2.54. The lowest BCUT2D eigenvalue weighted by molar-refractivity contribution is -0.193. The largest absolute Gasteiger partial charge is 0.508 e. The molecule has 2 aliphatic heterocycles. The van der Waals surface area contributed by atoms with Crippen LogP contribution in [0.3, 0.4) is 0 Å². The molecular weight excluding hydrogens is 608 g/mol. The molecule has 3 aliphatic rings. The number of aryl methyl sites for hydroxylation is 1. The number of phenols is 1. The van der Waals surface area contributed by atoms with E-state index in [4.69, 9.17) is 4.74 Å². The number of alkyl halides is 2. The van der Waals surface area contributed by atoms with Crippen molar-refractivity contribution in [3.05, 3.63) is 94.5 Å². The summed E-state index contributed by atoms with van der Waals surface area (Å²) in [5.74, 6) is -4.81. The standard InChI is InChI=1S/C36H39F2N3O6/c1-21-14-27(22(2)29(42)15-21)32(44)39-28(17-23-8-5-4-6-9-23)30(43)33(45)40-20-36(37,38)35(3)31(40)34(46)41(35)18-25-10-7-11-26(16-25)47-19-24-12-13-24/h4-11,14-16,24,28,30-31,42-43H,12-13,17-20H2,1-3H3,(H,39,44)/t28?,30-,31+,35?/m0/s1. The Labute approximate surface area is 272 Å². The maximum Gasteiger partial charge on any atom is 0.290 e. The van der Waals surface area contributed by atoms with Crippen LogP contribution in [0.15, 0.2) is 66.7 Å². The molecule has 11 heteroatoms. The number of phenolic OH excluding ortho intramolecular Hbond substituents is 1. The highest BCUT2D eigenvalue weighted by Crippen LogP contribution is 2.53. The number of fused-ring (bicyclic) bond motifs is 1. The minimum Gasteiger partial charge on any atom is -0.508 e. The third-order valence-electron chi connectivity index (χ3n) is 9.74. The van der Waals surface area contributed by atoms with Crippen LogP contribution in [0.1, 0.15) is 52.4 Å². The van der Waals surface area contributed by atoms with Gasteiger partial charge in [-0.15, -0.1) is 0 Å². The molecule has 4 atom stereocenters. The van der Waals surface area contributed by atoms with Gasteiger partial charge in [0.2, 0.25) is 5.91 Å². The molecule has 248 valence electrons. The average Bonchev–Trinajstić information content (AvgIpc) is 3.85. The second-order valence-corrected chi connectivity index (χ2v) is 13.2. The number of aliphatic hydroxyl groups excluding tert-OH is 1. The molecule has 3 aromatic rings. The van der Waals surface area contributed by atoms with Crippen LogP contribution in [0, 0.1) is 19.8 Å². The first kappa shape index (κ1) is 32.4. The predicted octanol–water partition coefficient (Wildman–Crippen LogP) is 4.15. The second kappa shape index (κ2) is 12.3. The minimum absolute atomic E-state index is 0.00172. The quantitative estimate of drug-likeness (QED) is 0.269. The van der Waals surface area contributed by atoms with Crippen molar-refractivity contribution in [3.8, 4) is 11.5 Å². The summed E-state index contributed by atoms with van der Waals surface area (Å²) in [6, 6.07) is 16.2. The number of amides is 3. The minimum atomic E-state index is -3.48. The molecule has 1 saturated carbocycles. The van der Waals surface area contributed by atoms with Gasteiger partial charge in [-0.25, -0.2) is 8.78 Å². The van der Waals surface area contributed by atoms with Gasteiger partial charge in [-0.1, -0.05) is 42.5 Å². The van der Waals surface area contributed by atoms with E-state index >= 15 is 8.78 Å². The van der Waals surface area contributed by atoms with E-state index in [9.17, 15) is 24.6 Å². The van der Waals surface area contributed by atoms with Gasteiger partial charge in [-0.3, -0.25) is 14.4 Å². The fourth-order valence-electron chi connectivity index (χ4n) is 6.63. The molecular formula is C36H39F2N3O6. The van der Waals surface area contributed by atoms with Crippen molar-refractivity contribution >= 4 is 17.7 Å². The van der Waals surface area contributed by atoms with Crippen LogP contribution in [0.4, 0.5) is 8.78 Å². The van der Waals surface area contributed by atoms with E-state index in [0.717, 1.165) is 22.6 Å². The van der Waals surface area contributed by atoms with Crippen molar-refractivity contribution in [3.63, 3.8) is 0 Å². The number of carbonyl (C=O) groups excluding carboxylic acids is 3. The molecule has 1 aliphatic carbocycles. The molecule has 0 aromatic heterocycles. The highest BCUT2D eigenvalue weighted by atomic mass is 19.3. The third kappa shape index (κ3) is 6.04. The van der Waals surface area contributed by atoms with Gasteiger partial charge >= 0.3 is 0 Å². The van der Waals surface area contributed by atoms with E-state index in [1.54, 1.807) is 74.5 Å². The summed E-state index contributed by atoms with van der Waals surface area (Å²) in [7, 11) is 0. The topological polar surface area (TPSA) is 119 Å². The van der Waals surface area contributed by atoms with E-state index < -0.39 is 53.9 Å². The molecule has 0 bridgehead atoms. The van der Waals surface area contributed by atoms with E-state index in [0.29, 0.717) is 40.5 Å². The Bertz CT molecular complexity index is 1700. The molecule has 3 fully saturated rings. The van der Waals surface area contributed by atoms with Crippen LogP contribution in [-0.2, 0) is 22.6 Å². The zero-order chi connectivity index (χ0) is 33.7. The van der Waals surface area contributed by atoms with Crippen molar-refractivity contribution in [1.82, 2.24) is 15.1 Å². The molecule has 2 unspecified atom stereocenters. The maximum atomic E-state index is 15.8. The summed E-state index contributed by atoms with van der Waals surface area (Å²) in [5, 5.41) is 24.4. The average molecular weight is 648 g/mol. The number of carbonyl (C=O) groups is 3. The Kier molecular flexibility index (Phi) is 8.46. The Balaban J connectivity index is 1.22. The number of likely N-dealkylation sites (tertiary alicyclic amines) is 2. The molecule has 2 saturated heterocycles. The fourth-order valence-corrected chi connectivity index (χ4v) is 6.63. The van der Waals surface area contributed by atoms with Gasteiger partial charge in [0.1, 0.15) is 23.1 Å². The number of benzene rings is 3. The molecule has 47 heavy (non-hydrogen) atoms. The van der Waals surface area contributed by atoms with Crippen molar-refractivity contribution in [2.24, 2.45) is 5.92 Å². The number of nitrogens with zero attached hydrogens (tertiary/aromatic N) is 2. The number of aromatic hydroxyl groups is 1. The van der Waals surface area contributed by atoms with Crippen molar-refractivity contribution in [1.29, 1.82) is 0 Å². The van der Waals surface area contributed by atoms with Crippen LogP contribution in [0.25, 0.3) is 0 Å². The number of halogens is 2. The van der Waals surface area contributed by atoms with Crippen LogP contribution < -0.4 is 10.1 Å². The molecule has 3 amide bonds. The summed E-state index contributed by atoms with van der Waals surface area (Å²) in [4.78, 5) is 42.6. The first-order chi connectivity index (χ1) is 22.3. The van der Waals surface area contributed by atoms with Gasteiger partial charge in [0.25, 0.3) is 17.7 Å². The van der Waals surface area contributed by atoms with E-state index in [2.05, 4.69) is 5.32 Å². The number of aliphatic hydroxyl groups is 1. The monoisotopic (exact) mass is 647 g/mol. The van der Waals surface area contributed by atoms with Gasteiger partial charge in [-0.2, -0.15) is 0 Å². The first-order valence-corrected chi connectivity index (χ1v) is 15.8. The number of ether oxygens (including phenoxy) is 1. The van der Waals surface area contributed by atoms with Gasteiger partial charge < -0.3 is 30.1 Å². The lowest BCUT2D eigenvalue weighted by Crippen LogP contribution is -2.78. The maximum absolute atomic E-state index is 15.8. The molecule has 0 spiro atoms. The zero-order valence-electron chi connectivity index (χ0n) is 26.6.